The summed E-state index contributed by atoms with van der Waals surface area (Å²) in [4.78, 5) is 2.93. The largest absolute Gasteiger partial charge is 0.316 e. The molecule has 0 amide bonds. The second kappa shape index (κ2) is 5.13. The molecule has 1 unspecified atom stereocenters. The average Bonchev–Trinajstić information content (AvgIpc) is 2.50. The Labute approximate surface area is 97.9 Å². The molecule has 0 spiro atoms. The first-order valence-electron chi connectivity index (χ1n) is 5.66. The van der Waals surface area contributed by atoms with Crippen molar-refractivity contribution < 1.29 is 0 Å². The molecule has 0 bridgehead atoms. The summed E-state index contributed by atoms with van der Waals surface area (Å²) in [5, 5.41) is 3.42. The van der Waals surface area contributed by atoms with Crippen molar-refractivity contribution in [3.05, 3.63) is 21.9 Å². The molecular formula is C13H23NS. The number of hydrogen-bond acceptors (Lipinski definition) is 2. The number of hydrogen-bond donors (Lipinski definition) is 1. The van der Waals surface area contributed by atoms with Gasteiger partial charge in [-0.25, -0.2) is 0 Å². The van der Waals surface area contributed by atoms with Crippen LogP contribution in [0.4, 0.5) is 0 Å². The summed E-state index contributed by atoms with van der Waals surface area (Å²) in [7, 11) is 2.07. The molecule has 1 N–H and O–H groups in total. The smallest absolute Gasteiger partial charge is 0.0116 e. The summed E-state index contributed by atoms with van der Waals surface area (Å²) < 4.78 is 0. The third-order valence-corrected chi connectivity index (χ3v) is 3.93. The van der Waals surface area contributed by atoms with Gasteiger partial charge >= 0.3 is 0 Å². The second-order valence-electron chi connectivity index (χ2n) is 5.26. The van der Waals surface area contributed by atoms with E-state index in [1.165, 1.54) is 22.6 Å². The zero-order chi connectivity index (χ0) is 11.5. The molecule has 0 saturated carbocycles. The van der Waals surface area contributed by atoms with Crippen molar-refractivity contribution in [2.24, 2.45) is 5.41 Å². The van der Waals surface area contributed by atoms with Crippen LogP contribution in [0, 0.1) is 12.3 Å². The summed E-state index contributed by atoms with van der Waals surface area (Å²) in [5.74, 6) is 0. The summed E-state index contributed by atoms with van der Waals surface area (Å²) in [6.45, 7) is 9.07. The zero-order valence-electron chi connectivity index (χ0n) is 10.6. The molecule has 0 saturated heterocycles. The van der Waals surface area contributed by atoms with Crippen LogP contribution in [0.2, 0.25) is 0 Å². The Morgan fingerprint density at radius 1 is 1.33 bits per heavy atom. The molecule has 1 rings (SSSR count). The molecule has 2 heteroatoms. The molecule has 0 aliphatic carbocycles. The van der Waals surface area contributed by atoms with Crippen LogP contribution in [0.25, 0.3) is 0 Å². The van der Waals surface area contributed by atoms with Crippen molar-refractivity contribution in [1.29, 1.82) is 0 Å². The predicted molar refractivity (Wildman–Crippen MR) is 69.7 cm³/mol. The molecule has 1 nitrogen and oxygen atoms in total. The van der Waals surface area contributed by atoms with Gasteiger partial charge in [-0.2, -0.15) is 0 Å². The summed E-state index contributed by atoms with van der Waals surface area (Å²) in [5.41, 5.74) is 0.348. The first-order valence-corrected chi connectivity index (χ1v) is 6.47. The highest BCUT2D eigenvalue weighted by Crippen LogP contribution is 2.24. The molecule has 1 atom stereocenters. The fourth-order valence-corrected chi connectivity index (χ4v) is 2.82. The minimum atomic E-state index is 0.348. The van der Waals surface area contributed by atoms with Gasteiger partial charge in [0.15, 0.2) is 0 Å². The maximum atomic E-state index is 3.42. The third-order valence-electron chi connectivity index (χ3n) is 2.87. The van der Waals surface area contributed by atoms with Crippen LogP contribution < -0.4 is 5.32 Å². The van der Waals surface area contributed by atoms with E-state index in [9.17, 15) is 0 Å². The Bertz CT molecular complexity index is 296. The van der Waals surface area contributed by atoms with Gasteiger partial charge in [0.1, 0.15) is 0 Å². The summed E-state index contributed by atoms with van der Waals surface area (Å²) in [6.07, 6.45) is 2.42. The Balaban J connectivity index is 2.48. The third kappa shape index (κ3) is 3.96. The van der Waals surface area contributed by atoms with Crippen molar-refractivity contribution in [2.45, 2.75) is 46.6 Å². The van der Waals surface area contributed by atoms with E-state index >= 15 is 0 Å². The lowest BCUT2D eigenvalue weighted by Gasteiger charge is -2.30. The lowest BCUT2D eigenvalue weighted by molar-refractivity contribution is 0.268. The van der Waals surface area contributed by atoms with Gasteiger partial charge in [0.25, 0.3) is 0 Å². The van der Waals surface area contributed by atoms with Crippen molar-refractivity contribution in [2.75, 3.05) is 7.05 Å². The van der Waals surface area contributed by atoms with E-state index in [1.54, 1.807) is 0 Å². The van der Waals surface area contributed by atoms with E-state index < -0.39 is 0 Å². The van der Waals surface area contributed by atoms with Crippen LogP contribution in [0.1, 0.15) is 36.9 Å². The average molecular weight is 225 g/mol. The van der Waals surface area contributed by atoms with E-state index in [-0.39, 0.29) is 0 Å². The van der Waals surface area contributed by atoms with Gasteiger partial charge in [-0.1, -0.05) is 20.8 Å². The lowest BCUT2D eigenvalue weighted by Crippen LogP contribution is -2.38. The van der Waals surface area contributed by atoms with Crippen molar-refractivity contribution in [1.82, 2.24) is 5.32 Å². The normalized spacial score (nSPS) is 14.2. The Hall–Kier alpha value is -0.340. The highest BCUT2D eigenvalue weighted by Gasteiger charge is 2.22. The molecule has 1 aromatic heterocycles. The van der Waals surface area contributed by atoms with Crippen LogP contribution in [0.5, 0.6) is 0 Å². The Morgan fingerprint density at radius 3 is 2.40 bits per heavy atom. The maximum Gasteiger partial charge on any atom is 0.0116 e. The second-order valence-corrected chi connectivity index (χ2v) is 6.63. The lowest BCUT2D eigenvalue weighted by atomic mass is 9.84. The van der Waals surface area contributed by atoms with Gasteiger partial charge in [-0.05, 0) is 44.4 Å². The molecule has 86 valence electrons. The zero-order valence-corrected chi connectivity index (χ0v) is 11.4. The van der Waals surface area contributed by atoms with E-state index in [4.69, 9.17) is 0 Å². The Kier molecular flexibility index (Phi) is 4.35. The van der Waals surface area contributed by atoms with E-state index in [0.29, 0.717) is 11.5 Å². The highest BCUT2D eigenvalue weighted by atomic mass is 32.1. The van der Waals surface area contributed by atoms with Crippen LogP contribution in [-0.4, -0.2) is 13.1 Å². The molecule has 0 radical (unpaired) electrons. The van der Waals surface area contributed by atoms with Gasteiger partial charge < -0.3 is 5.32 Å². The number of thiophene rings is 1. The van der Waals surface area contributed by atoms with Crippen LogP contribution >= 0.6 is 11.3 Å². The van der Waals surface area contributed by atoms with E-state index in [2.05, 4.69) is 52.2 Å². The van der Waals surface area contributed by atoms with Crippen LogP contribution in [0.15, 0.2) is 12.1 Å². The number of rotatable bonds is 4. The molecule has 0 aliphatic rings. The molecule has 1 aromatic rings. The van der Waals surface area contributed by atoms with Crippen molar-refractivity contribution in [3.63, 3.8) is 0 Å². The summed E-state index contributed by atoms with van der Waals surface area (Å²) >= 11 is 1.92. The van der Waals surface area contributed by atoms with Crippen molar-refractivity contribution >= 4 is 11.3 Å². The predicted octanol–water partition coefficient (Wildman–Crippen LogP) is 3.62. The van der Waals surface area contributed by atoms with Gasteiger partial charge in [-0.3, -0.25) is 0 Å². The van der Waals surface area contributed by atoms with E-state index in [0.717, 1.165) is 0 Å². The maximum absolute atomic E-state index is 3.42. The summed E-state index contributed by atoms with van der Waals surface area (Å²) in [6, 6.07) is 5.07. The number of aryl methyl sites for hydroxylation is 2. The molecule has 0 aliphatic heterocycles. The number of nitrogens with one attached hydrogen (secondary N) is 1. The van der Waals surface area contributed by atoms with Crippen molar-refractivity contribution in [3.8, 4) is 0 Å². The fraction of sp³-hybridized carbons (Fsp3) is 0.692. The van der Waals surface area contributed by atoms with E-state index in [1.807, 2.05) is 11.3 Å². The molecule has 1 heterocycles. The molecule has 0 aromatic carbocycles. The van der Waals surface area contributed by atoms with Crippen LogP contribution in [0.3, 0.4) is 0 Å². The van der Waals surface area contributed by atoms with Gasteiger partial charge in [-0.15, -0.1) is 11.3 Å². The fourth-order valence-electron chi connectivity index (χ4n) is 1.92. The highest BCUT2D eigenvalue weighted by molar-refractivity contribution is 7.11. The monoisotopic (exact) mass is 225 g/mol. The Morgan fingerprint density at radius 2 is 2.00 bits per heavy atom. The van der Waals surface area contributed by atoms with Gasteiger partial charge in [0, 0.05) is 15.8 Å². The standard InChI is InChI=1S/C13H23NS/c1-10-6-7-11(15-10)8-9-12(14-5)13(2,3)4/h6-7,12,14H,8-9H2,1-5H3. The first-order chi connectivity index (χ1) is 6.93. The van der Waals surface area contributed by atoms with Gasteiger partial charge in [0.05, 0.1) is 0 Å². The minimum Gasteiger partial charge on any atom is -0.316 e. The van der Waals surface area contributed by atoms with Gasteiger partial charge in [0.2, 0.25) is 0 Å². The topological polar surface area (TPSA) is 12.0 Å². The molecular weight excluding hydrogens is 202 g/mol. The van der Waals surface area contributed by atoms with Crippen LogP contribution in [-0.2, 0) is 6.42 Å². The first kappa shape index (κ1) is 12.7. The molecule has 0 fully saturated rings. The quantitative estimate of drug-likeness (QED) is 0.825. The SMILES string of the molecule is CNC(CCc1ccc(C)s1)C(C)(C)C. The minimum absolute atomic E-state index is 0.348. The molecule has 15 heavy (non-hydrogen) atoms.